The SMILES string of the molecule is O=C1C(=O)N(c2cccc(F)c2)C(c2cccs2)/C1=C(/O)c1ccc(Cl)cc1. The van der Waals surface area contributed by atoms with Gasteiger partial charge < -0.3 is 5.11 Å². The Morgan fingerprint density at radius 3 is 2.46 bits per heavy atom. The lowest BCUT2D eigenvalue weighted by molar-refractivity contribution is -0.132. The van der Waals surface area contributed by atoms with Gasteiger partial charge in [0.2, 0.25) is 0 Å². The van der Waals surface area contributed by atoms with Gasteiger partial charge in [0.1, 0.15) is 17.6 Å². The largest absolute Gasteiger partial charge is 0.507 e. The van der Waals surface area contributed by atoms with E-state index in [1.54, 1.807) is 42.5 Å². The van der Waals surface area contributed by atoms with E-state index in [1.165, 1.54) is 34.4 Å². The summed E-state index contributed by atoms with van der Waals surface area (Å²) < 4.78 is 13.8. The van der Waals surface area contributed by atoms with Crippen molar-refractivity contribution in [1.82, 2.24) is 0 Å². The molecule has 0 spiro atoms. The predicted molar refractivity (Wildman–Crippen MR) is 107 cm³/mol. The molecule has 0 radical (unpaired) electrons. The minimum absolute atomic E-state index is 0.0426. The number of halogens is 2. The van der Waals surface area contributed by atoms with Crippen molar-refractivity contribution in [2.24, 2.45) is 0 Å². The smallest absolute Gasteiger partial charge is 0.300 e. The second-order valence-corrected chi connectivity index (χ2v) is 7.59. The lowest BCUT2D eigenvalue weighted by atomic mass is 10.00. The van der Waals surface area contributed by atoms with Gasteiger partial charge >= 0.3 is 0 Å². The van der Waals surface area contributed by atoms with E-state index in [4.69, 9.17) is 11.6 Å². The fourth-order valence-electron chi connectivity index (χ4n) is 3.20. The number of rotatable bonds is 3. The first-order valence-corrected chi connectivity index (χ1v) is 9.59. The quantitative estimate of drug-likeness (QED) is 0.366. The van der Waals surface area contributed by atoms with Crippen LogP contribution in [0.25, 0.3) is 5.76 Å². The number of benzene rings is 2. The number of nitrogens with zero attached hydrogens (tertiary/aromatic N) is 1. The maximum absolute atomic E-state index is 13.8. The van der Waals surface area contributed by atoms with Crippen LogP contribution in [0.1, 0.15) is 16.5 Å². The van der Waals surface area contributed by atoms with Gasteiger partial charge in [-0.1, -0.05) is 23.7 Å². The highest BCUT2D eigenvalue weighted by atomic mass is 35.5. The van der Waals surface area contributed by atoms with Crippen molar-refractivity contribution in [3.63, 3.8) is 0 Å². The summed E-state index contributed by atoms with van der Waals surface area (Å²) in [6.45, 7) is 0. The summed E-state index contributed by atoms with van der Waals surface area (Å²) in [7, 11) is 0. The average molecular weight is 414 g/mol. The number of aliphatic hydroxyl groups excluding tert-OH is 1. The Balaban J connectivity index is 1.93. The number of aliphatic hydroxyl groups is 1. The number of anilines is 1. The first-order valence-electron chi connectivity index (χ1n) is 8.33. The molecule has 28 heavy (non-hydrogen) atoms. The summed E-state index contributed by atoms with van der Waals surface area (Å²) in [6, 6.07) is 14.5. The Bertz CT molecular complexity index is 1090. The van der Waals surface area contributed by atoms with E-state index in [0.29, 0.717) is 15.5 Å². The molecule has 3 aromatic rings. The topological polar surface area (TPSA) is 57.6 Å². The van der Waals surface area contributed by atoms with Gasteiger partial charge in [0.15, 0.2) is 0 Å². The zero-order chi connectivity index (χ0) is 19.8. The van der Waals surface area contributed by atoms with Crippen LogP contribution in [0.4, 0.5) is 10.1 Å². The lowest BCUT2D eigenvalue weighted by Gasteiger charge is -2.24. The van der Waals surface area contributed by atoms with Crippen LogP contribution in [0.5, 0.6) is 0 Å². The highest BCUT2D eigenvalue weighted by Gasteiger charge is 2.47. The number of ketones is 1. The molecule has 1 atom stereocenters. The number of hydrogen-bond acceptors (Lipinski definition) is 4. The number of Topliss-reactive ketones (excluding diaryl/α,β-unsaturated/α-hetero) is 1. The number of thiophene rings is 1. The van der Waals surface area contributed by atoms with E-state index in [1.807, 2.05) is 5.38 Å². The van der Waals surface area contributed by atoms with Crippen LogP contribution in [-0.2, 0) is 9.59 Å². The first-order chi connectivity index (χ1) is 13.5. The van der Waals surface area contributed by atoms with E-state index >= 15 is 0 Å². The molecule has 4 rings (SSSR count). The molecule has 140 valence electrons. The minimum atomic E-state index is -0.850. The van der Waals surface area contributed by atoms with Crippen molar-refractivity contribution in [2.45, 2.75) is 6.04 Å². The van der Waals surface area contributed by atoms with E-state index in [-0.39, 0.29) is 17.0 Å². The molecule has 1 saturated heterocycles. The van der Waals surface area contributed by atoms with Gasteiger partial charge in [0.05, 0.1) is 5.57 Å². The second-order valence-electron chi connectivity index (χ2n) is 6.17. The van der Waals surface area contributed by atoms with E-state index in [9.17, 15) is 19.1 Å². The van der Waals surface area contributed by atoms with Gasteiger partial charge in [-0.15, -0.1) is 11.3 Å². The summed E-state index contributed by atoms with van der Waals surface area (Å²) in [5.41, 5.74) is 0.567. The van der Waals surface area contributed by atoms with Gasteiger partial charge in [-0.05, 0) is 53.9 Å². The summed E-state index contributed by atoms with van der Waals surface area (Å²) in [4.78, 5) is 27.6. The van der Waals surface area contributed by atoms with E-state index in [2.05, 4.69) is 0 Å². The Labute approximate surface area is 169 Å². The third-order valence-corrected chi connectivity index (χ3v) is 5.64. The van der Waals surface area contributed by atoms with Crippen molar-refractivity contribution < 1.29 is 19.1 Å². The van der Waals surface area contributed by atoms with Crippen molar-refractivity contribution in [1.29, 1.82) is 0 Å². The molecule has 2 heterocycles. The molecular weight excluding hydrogens is 401 g/mol. The van der Waals surface area contributed by atoms with E-state index < -0.39 is 23.5 Å². The molecule has 1 fully saturated rings. The molecule has 1 aliphatic rings. The predicted octanol–water partition coefficient (Wildman–Crippen LogP) is 5.17. The van der Waals surface area contributed by atoms with Crippen LogP contribution in [-0.4, -0.2) is 16.8 Å². The molecule has 1 N–H and O–H groups in total. The maximum Gasteiger partial charge on any atom is 0.300 e. The van der Waals surface area contributed by atoms with Crippen molar-refractivity contribution in [3.05, 3.63) is 92.9 Å². The van der Waals surface area contributed by atoms with Crippen LogP contribution in [0.3, 0.4) is 0 Å². The monoisotopic (exact) mass is 413 g/mol. The molecule has 1 unspecified atom stereocenters. The van der Waals surface area contributed by atoms with Gasteiger partial charge in [-0.25, -0.2) is 4.39 Å². The third kappa shape index (κ3) is 3.10. The van der Waals surface area contributed by atoms with Crippen LogP contribution >= 0.6 is 22.9 Å². The fraction of sp³-hybridized carbons (Fsp3) is 0.0476. The lowest BCUT2D eigenvalue weighted by Crippen LogP contribution is -2.29. The number of amides is 1. The Hall–Kier alpha value is -2.96. The van der Waals surface area contributed by atoms with Crippen LogP contribution in [0, 0.1) is 5.82 Å². The zero-order valence-corrected chi connectivity index (χ0v) is 15.9. The maximum atomic E-state index is 13.8. The summed E-state index contributed by atoms with van der Waals surface area (Å²) >= 11 is 7.23. The standard InChI is InChI=1S/C21H13ClFNO3S/c22-13-8-6-12(7-9-13)19(25)17-18(16-5-2-10-28-16)24(21(27)20(17)26)15-4-1-3-14(23)11-15/h1-11,18,25H/b19-17-. The Morgan fingerprint density at radius 2 is 1.82 bits per heavy atom. The summed E-state index contributed by atoms with van der Waals surface area (Å²) in [5, 5.41) is 13.1. The summed E-state index contributed by atoms with van der Waals surface area (Å²) in [5.74, 6) is -2.47. The second kappa shape index (κ2) is 7.22. The Kier molecular flexibility index (Phi) is 4.75. The molecule has 0 aliphatic carbocycles. The van der Waals surface area contributed by atoms with Crippen molar-refractivity contribution in [3.8, 4) is 0 Å². The number of hydrogen-bond donors (Lipinski definition) is 1. The normalized spacial score (nSPS) is 18.6. The summed E-state index contributed by atoms with van der Waals surface area (Å²) in [6.07, 6.45) is 0. The van der Waals surface area contributed by atoms with Crippen LogP contribution in [0.15, 0.2) is 71.6 Å². The molecule has 2 aromatic carbocycles. The van der Waals surface area contributed by atoms with Crippen molar-refractivity contribution >= 4 is 46.1 Å². The zero-order valence-electron chi connectivity index (χ0n) is 14.3. The molecular formula is C21H13ClFNO3S. The number of carbonyl (C=O) groups excluding carboxylic acids is 2. The molecule has 7 heteroatoms. The van der Waals surface area contributed by atoms with Crippen LogP contribution < -0.4 is 4.90 Å². The van der Waals surface area contributed by atoms with E-state index in [0.717, 1.165) is 0 Å². The van der Waals surface area contributed by atoms with Gasteiger partial charge in [0.25, 0.3) is 11.7 Å². The van der Waals surface area contributed by atoms with Crippen LogP contribution in [0.2, 0.25) is 5.02 Å². The average Bonchev–Trinajstić information content (AvgIpc) is 3.29. The van der Waals surface area contributed by atoms with Crippen molar-refractivity contribution in [2.75, 3.05) is 4.90 Å². The van der Waals surface area contributed by atoms with Gasteiger partial charge in [-0.2, -0.15) is 0 Å². The number of carbonyl (C=O) groups is 2. The fourth-order valence-corrected chi connectivity index (χ4v) is 4.15. The molecule has 0 saturated carbocycles. The molecule has 1 aromatic heterocycles. The molecule has 4 nitrogen and oxygen atoms in total. The minimum Gasteiger partial charge on any atom is -0.507 e. The molecule has 1 aliphatic heterocycles. The van der Waals surface area contributed by atoms with Gasteiger partial charge in [-0.3, -0.25) is 14.5 Å². The van der Waals surface area contributed by atoms with Gasteiger partial charge in [0, 0.05) is 21.2 Å². The Morgan fingerprint density at radius 1 is 1.07 bits per heavy atom. The third-order valence-electron chi connectivity index (χ3n) is 4.46. The molecule has 0 bridgehead atoms. The highest BCUT2D eigenvalue weighted by Crippen LogP contribution is 2.43. The first kappa shape index (κ1) is 18.4. The molecule has 1 amide bonds. The highest BCUT2D eigenvalue weighted by molar-refractivity contribution is 7.10.